The molecule has 0 radical (unpaired) electrons. The minimum absolute atomic E-state index is 0.0375. The standard InChI is InChI=1S/C24H32FN3O6S/c1-15-21(32-17-9-11-28(12-10-17)23(16(2)29)34-24(3,4)5)26-14-27-22(15)33-20-8-7-18(13-19(20)25)35(6,30)31/h7-8,13-14,17,23H,9-12H2,1-6H3. The number of halogens is 1. The molecule has 35 heavy (non-hydrogen) atoms. The number of carbonyl (C=O) groups is 1. The van der Waals surface area contributed by atoms with E-state index in [1.54, 1.807) is 6.92 Å². The Morgan fingerprint density at radius 3 is 2.34 bits per heavy atom. The van der Waals surface area contributed by atoms with Crippen molar-refractivity contribution in [2.45, 2.75) is 70.3 Å². The van der Waals surface area contributed by atoms with Crippen molar-refractivity contribution in [3.8, 4) is 17.5 Å². The van der Waals surface area contributed by atoms with E-state index in [4.69, 9.17) is 14.2 Å². The van der Waals surface area contributed by atoms with Gasteiger partial charge >= 0.3 is 0 Å². The summed E-state index contributed by atoms with van der Waals surface area (Å²) in [5.41, 5.74) is 0.0437. The molecule has 1 aliphatic heterocycles. The number of nitrogens with zero attached hydrogens (tertiary/aromatic N) is 3. The van der Waals surface area contributed by atoms with Crippen LogP contribution in [0.4, 0.5) is 4.39 Å². The number of piperidine rings is 1. The van der Waals surface area contributed by atoms with Crippen molar-refractivity contribution in [2.75, 3.05) is 19.3 Å². The third-order valence-electron chi connectivity index (χ3n) is 5.43. The van der Waals surface area contributed by atoms with Gasteiger partial charge in [-0.05, 0) is 65.7 Å². The van der Waals surface area contributed by atoms with Crippen molar-refractivity contribution in [3.05, 3.63) is 35.9 Å². The second-order valence-corrected chi connectivity index (χ2v) is 11.6. The summed E-state index contributed by atoms with van der Waals surface area (Å²) in [7, 11) is -3.54. The number of ketones is 1. The van der Waals surface area contributed by atoms with Gasteiger partial charge in [0, 0.05) is 19.3 Å². The van der Waals surface area contributed by atoms with E-state index in [0.29, 0.717) is 37.4 Å². The van der Waals surface area contributed by atoms with Gasteiger partial charge in [-0.25, -0.2) is 22.8 Å². The van der Waals surface area contributed by atoms with E-state index in [9.17, 15) is 17.6 Å². The Bertz CT molecular complexity index is 1170. The van der Waals surface area contributed by atoms with Crippen molar-refractivity contribution in [3.63, 3.8) is 0 Å². The summed E-state index contributed by atoms with van der Waals surface area (Å²) in [6, 6.07) is 3.42. The molecule has 3 rings (SSSR count). The Kier molecular flexibility index (Phi) is 8.13. The molecule has 11 heteroatoms. The van der Waals surface area contributed by atoms with Crippen LogP contribution in [-0.4, -0.2) is 66.3 Å². The smallest absolute Gasteiger partial charge is 0.229 e. The molecule has 1 aromatic heterocycles. The second kappa shape index (κ2) is 10.5. The Morgan fingerprint density at radius 2 is 1.80 bits per heavy atom. The van der Waals surface area contributed by atoms with Crippen molar-refractivity contribution >= 4 is 15.6 Å². The lowest BCUT2D eigenvalue weighted by Crippen LogP contribution is -2.50. The van der Waals surface area contributed by atoms with Crippen molar-refractivity contribution in [1.82, 2.24) is 14.9 Å². The quantitative estimate of drug-likeness (QED) is 0.526. The van der Waals surface area contributed by atoms with E-state index >= 15 is 0 Å². The molecule has 0 aliphatic carbocycles. The molecule has 1 fully saturated rings. The molecule has 2 heterocycles. The molecule has 0 amide bonds. The molecule has 1 aromatic carbocycles. The Hall–Kier alpha value is -2.63. The minimum Gasteiger partial charge on any atom is -0.474 e. The first-order valence-electron chi connectivity index (χ1n) is 11.3. The first-order valence-corrected chi connectivity index (χ1v) is 13.2. The number of carbonyl (C=O) groups excluding carboxylic acids is 1. The van der Waals surface area contributed by atoms with Crippen LogP contribution in [0.5, 0.6) is 17.5 Å². The molecule has 2 aromatic rings. The van der Waals surface area contributed by atoms with E-state index in [2.05, 4.69) is 9.97 Å². The van der Waals surface area contributed by atoms with Crippen LogP contribution in [-0.2, 0) is 19.4 Å². The molecule has 0 N–H and O–H groups in total. The molecule has 0 spiro atoms. The summed E-state index contributed by atoms with van der Waals surface area (Å²) < 4.78 is 55.3. The molecule has 1 aliphatic rings. The average molecular weight is 510 g/mol. The summed E-state index contributed by atoms with van der Waals surface area (Å²) in [6.45, 7) is 10.2. The van der Waals surface area contributed by atoms with Gasteiger partial charge < -0.3 is 14.2 Å². The van der Waals surface area contributed by atoms with Gasteiger partial charge in [0.25, 0.3) is 0 Å². The van der Waals surface area contributed by atoms with E-state index < -0.39 is 27.5 Å². The van der Waals surface area contributed by atoms with E-state index in [1.165, 1.54) is 25.4 Å². The first-order chi connectivity index (χ1) is 16.2. The molecule has 9 nitrogen and oxygen atoms in total. The zero-order valence-electron chi connectivity index (χ0n) is 20.9. The fourth-order valence-electron chi connectivity index (χ4n) is 3.68. The third-order valence-corrected chi connectivity index (χ3v) is 6.54. The van der Waals surface area contributed by atoms with Gasteiger partial charge in [0.1, 0.15) is 12.4 Å². The normalized spacial score (nSPS) is 16.7. The number of hydrogen-bond acceptors (Lipinski definition) is 9. The van der Waals surface area contributed by atoms with Crippen LogP contribution in [0.25, 0.3) is 0 Å². The monoisotopic (exact) mass is 509 g/mol. The van der Waals surface area contributed by atoms with Gasteiger partial charge in [0.15, 0.2) is 33.4 Å². The van der Waals surface area contributed by atoms with E-state index in [0.717, 1.165) is 12.3 Å². The second-order valence-electron chi connectivity index (χ2n) is 9.62. The molecule has 192 valence electrons. The summed E-state index contributed by atoms with van der Waals surface area (Å²) >= 11 is 0. The maximum absolute atomic E-state index is 14.4. The topological polar surface area (TPSA) is 108 Å². The van der Waals surface area contributed by atoms with Crippen LogP contribution in [0.15, 0.2) is 29.4 Å². The zero-order valence-corrected chi connectivity index (χ0v) is 21.7. The summed E-state index contributed by atoms with van der Waals surface area (Å²) in [5.74, 6) is -0.597. The SMILES string of the molecule is CC(=O)C(OC(C)(C)C)N1CCC(Oc2ncnc(Oc3ccc(S(C)(=O)=O)cc3F)c2C)CC1. The summed E-state index contributed by atoms with van der Waals surface area (Å²) in [4.78, 5) is 22.3. The zero-order chi connectivity index (χ0) is 26.0. The van der Waals surface area contributed by atoms with Crippen molar-refractivity contribution < 1.29 is 31.8 Å². The van der Waals surface area contributed by atoms with E-state index in [-0.39, 0.29) is 28.4 Å². The third kappa shape index (κ3) is 7.18. The van der Waals surface area contributed by atoms with Gasteiger partial charge in [-0.3, -0.25) is 9.69 Å². The van der Waals surface area contributed by atoms with Gasteiger partial charge in [-0.15, -0.1) is 0 Å². The van der Waals surface area contributed by atoms with Crippen LogP contribution < -0.4 is 9.47 Å². The highest BCUT2D eigenvalue weighted by molar-refractivity contribution is 7.90. The van der Waals surface area contributed by atoms with Gasteiger partial charge in [-0.1, -0.05) is 0 Å². The fourth-order valence-corrected chi connectivity index (χ4v) is 4.31. The van der Waals surface area contributed by atoms with Crippen LogP contribution in [0.3, 0.4) is 0 Å². The summed E-state index contributed by atoms with van der Waals surface area (Å²) in [5, 5.41) is 0. The number of likely N-dealkylation sites (tertiary alicyclic amines) is 1. The maximum atomic E-state index is 14.4. The Labute approximate surface area is 205 Å². The van der Waals surface area contributed by atoms with Crippen LogP contribution in [0.2, 0.25) is 0 Å². The van der Waals surface area contributed by atoms with Crippen molar-refractivity contribution in [2.24, 2.45) is 0 Å². The van der Waals surface area contributed by atoms with Gasteiger partial charge in [-0.2, -0.15) is 0 Å². The molecule has 1 unspecified atom stereocenters. The predicted molar refractivity (Wildman–Crippen MR) is 127 cm³/mol. The summed E-state index contributed by atoms with van der Waals surface area (Å²) in [6.07, 6.45) is 2.86. The number of ether oxygens (including phenoxy) is 3. The van der Waals surface area contributed by atoms with Crippen molar-refractivity contribution in [1.29, 1.82) is 0 Å². The number of Topliss-reactive ketones (excluding diaryl/α,β-unsaturated/α-hetero) is 1. The molecule has 0 saturated carbocycles. The van der Waals surface area contributed by atoms with Gasteiger partial charge in [0.05, 0.1) is 16.1 Å². The lowest BCUT2D eigenvalue weighted by Gasteiger charge is -2.38. The Morgan fingerprint density at radius 1 is 1.17 bits per heavy atom. The Balaban J connectivity index is 1.67. The number of sulfone groups is 1. The first kappa shape index (κ1) is 27.0. The molecular weight excluding hydrogens is 477 g/mol. The number of benzene rings is 1. The fraction of sp³-hybridized carbons (Fsp3) is 0.542. The molecule has 1 saturated heterocycles. The highest BCUT2D eigenvalue weighted by Gasteiger charge is 2.32. The molecule has 0 bridgehead atoms. The van der Waals surface area contributed by atoms with E-state index in [1.807, 2.05) is 25.7 Å². The van der Waals surface area contributed by atoms with Crippen LogP contribution in [0, 0.1) is 12.7 Å². The van der Waals surface area contributed by atoms with Crippen LogP contribution in [0.1, 0.15) is 46.1 Å². The molecule has 1 atom stereocenters. The number of rotatable bonds is 8. The highest BCUT2D eigenvalue weighted by Crippen LogP contribution is 2.31. The lowest BCUT2D eigenvalue weighted by atomic mass is 10.1. The average Bonchev–Trinajstić information content (AvgIpc) is 2.75. The minimum atomic E-state index is -3.54. The largest absolute Gasteiger partial charge is 0.474 e. The van der Waals surface area contributed by atoms with Gasteiger partial charge in [0.2, 0.25) is 11.8 Å². The predicted octanol–water partition coefficient (Wildman–Crippen LogP) is 3.69. The lowest BCUT2D eigenvalue weighted by molar-refractivity contribution is -0.165. The maximum Gasteiger partial charge on any atom is 0.229 e. The highest BCUT2D eigenvalue weighted by atomic mass is 32.2. The number of hydrogen-bond donors (Lipinski definition) is 0. The number of aromatic nitrogens is 2. The molecular formula is C24H32FN3O6S. The van der Waals surface area contributed by atoms with Crippen LogP contribution >= 0.6 is 0 Å².